The summed E-state index contributed by atoms with van der Waals surface area (Å²) in [5, 5.41) is 4.21. The van der Waals surface area contributed by atoms with Crippen LogP contribution in [0.5, 0.6) is 0 Å². The molecular formula is C9H12ClN5O2. The quantitative estimate of drug-likeness (QED) is 0.422. The molecule has 1 aromatic carbocycles. The normalized spacial score (nSPS) is 11.6. The Bertz CT molecular complexity index is 414. The maximum Gasteiger partial charge on any atom is 0.405 e. The Kier molecular flexibility index (Phi) is 4.68. The molecule has 0 saturated heterocycles. The number of ether oxygens (including phenoxy) is 1. The van der Waals surface area contributed by atoms with Gasteiger partial charge in [0.15, 0.2) is 6.10 Å². The highest BCUT2D eigenvalue weighted by Gasteiger charge is 2.20. The Morgan fingerprint density at radius 1 is 1.59 bits per heavy atom. The first kappa shape index (κ1) is 13.2. The molecule has 0 heterocycles. The summed E-state index contributed by atoms with van der Waals surface area (Å²) in [5.74, 6) is 5.34. The molecule has 5 N–H and O–H groups in total. The average Bonchev–Trinajstić information content (AvgIpc) is 2.28. The van der Waals surface area contributed by atoms with Gasteiger partial charge in [-0.25, -0.2) is 15.8 Å². The van der Waals surface area contributed by atoms with Crippen LogP contribution in [0.2, 0.25) is 5.02 Å². The third kappa shape index (κ3) is 3.89. The van der Waals surface area contributed by atoms with Crippen LogP contribution in [-0.2, 0) is 4.74 Å². The third-order valence-corrected chi connectivity index (χ3v) is 2.34. The highest BCUT2D eigenvalue weighted by atomic mass is 35.5. The summed E-state index contributed by atoms with van der Waals surface area (Å²) < 4.78 is 4.88. The molecule has 0 aliphatic heterocycles. The van der Waals surface area contributed by atoms with Crippen LogP contribution in [0.25, 0.3) is 0 Å². The smallest absolute Gasteiger partial charge is 0.405 e. The van der Waals surface area contributed by atoms with Crippen molar-refractivity contribution in [2.24, 2.45) is 16.8 Å². The summed E-state index contributed by atoms with van der Waals surface area (Å²) in [6, 6.07) is 6.79. The standard InChI is InChI=1S/C9H12ClN5O2/c10-7-4-2-1-3-6(7)8(17-9(11)16)5-15(13)14-12/h1-4,8,12H,5,13H2,(H2,11,16). The van der Waals surface area contributed by atoms with Gasteiger partial charge >= 0.3 is 6.09 Å². The lowest BCUT2D eigenvalue weighted by Gasteiger charge is -2.21. The Morgan fingerprint density at radius 2 is 2.24 bits per heavy atom. The van der Waals surface area contributed by atoms with Crippen LogP contribution in [0, 0.1) is 5.53 Å². The zero-order valence-corrected chi connectivity index (χ0v) is 9.59. The molecule has 1 amide bonds. The molecule has 1 rings (SSSR count). The van der Waals surface area contributed by atoms with Gasteiger partial charge in [0.1, 0.15) is 0 Å². The molecule has 92 valence electrons. The van der Waals surface area contributed by atoms with Gasteiger partial charge < -0.3 is 10.5 Å². The van der Waals surface area contributed by atoms with E-state index >= 15 is 0 Å². The maximum absolute atomic E-state index is 10.8. The number of primary amides is 1. The molecule has 17 heavy (non-hydrogen) atoms. The van der Waals surface area contributed by atoms with Crippen molar-refractivity contribution in [3.63, 3.8) is 0 Å². The predicted octanol–water partition coefficient (Wildman–Crippen LogP) is 1.60. The number of hydrogen-bond acceptors (Lipinski definition) is 5. The molecule has 1 aromatic rings. The monoisotopic (exact) mass is 257 g/mol. The molecule has 1 atom stereocenters. The molecule has 0 fully saturated rings. The van der Waals surface area contributed by atoms with E-state index in [1.54, 1.807) is 24.3 Å². The molecule has 0 bridgehead atoms. The van der Waals surface area contributed by atoms with E-state index < -0.39 is 12.2 Å². The van der Waals surface area contributed by atoms with Crippen LogP contribution in [-0.4, -0.2) is 17.8 Å². The molecule has 0 aliphatic carbocycles. The van der Waals surface area contributed by atoms with Gasteiger partial charge in [-0.15, -0.1) is 0 Å². The highest BCUT2D eigenvalue weighted by Crippen LogP contribution is 2.25. The molecule has 7 nitrogen and oxygen atoms in total. The molecule has 8 heteroatoms. The summed E-state index contributed by atoms with van der Waals surface area (Å²) in [6.07, 6.45) is -1.73. The minimum atomic E-state index is -0.951. The van der Waals surface area contributed by atoms with Crippen LogP contribution < -0.4 is 11.6 Å². The number of carbonyl (C=O) groups excluding carboxylic acids is 1. The Morgan fingerprint density at radius 3 is 2.76 bits per heavy atom. The second kappa shape index (κ2) is 6.02. The molecule has 0 radical (unpaired) electrons. The maximum atomic E-state index is 10.8. The third-order valence-electron chi connectivity index (χ3n) is 1.99. The number of carbonyl (C=O) groups is 1. The summed E-state index contributed by atoms with van der Waals surface area (Å²) >= 11 is 5.96. The summed E-state index contributed by atoms with van der Waals surface area (Å²) in [6.45, 7) is -0.0177. The number of hydrazine groups is 1. The lowest BCUT2D eigenvalue weighted by Crippen LogP contribution is -2.32. The van der Waals surface area contributed by atoms with Gasteiger partial charge in [-0.05, 0) is 6.07 Å². The van der Waals surface area contributed by atoms with E-state index in [9.17, 15) is 4.79 Å². The van der Waals surface area contributed by atoms with Gasteiger partial charge in [0, 0.05) is 10.6 Å². The van der Waals surface area contributed by atoms with Gasteiger partial charge in [0.25, 0.3) is 0 Å². The molecular weight excluding hydrogens is 246 g/mol. The SMILES string of the molecule is N=NN(N)CC(OC(N)=O)c1ccccc1Cl. The fourth-order valence-electron chi connectivity index (χ4n) is 1.29. The molecule has 0 saturated carbocycles. The molecule has 1 unspecified atom stereocenters. The lowest BCUT2D eigenvalue weighted by atomic mass is 10.1. The number of nitrogens with two attached hydrogens (primary N) is 2. The van der Waals surface area contributed by atoms with Crippen molar-refractivity contribution in [1.82, 2.24) is 5.12 Å². The Balaban J connectivity index is 2.93. The van der Waals surface area contributed by atoms with Crippen molar-refractivity contribution in [1.29, 1.82) is 5.53 Å². The Hall–Kier alpha value is -1.86. The summed E-state index contributed by atoms with van der Waals surface area (Å²) in [5.41, 5.74) is 12.2. The van der Waals surface area contributed by atoms with Crippen LogP contribution in [0.4, 0.5) is 4.79 Å². The number of halogens is 1. The van der Waals surface area contributed by atoms with Gasteiger partial charge in [-0.3, -0.25) is 0 Å². The first-order valence-corrected chi connectivity index (χ1v) is 5.02. The van der Waals surface area contributed by atoms with Gasteiger partial charge in [0.2, 0.25) is 0 Å². The fraction of sp³-hybridized carbons (Fsp3) is 0.222. The number of nitrogens with zero attached hydrogens (tertiary/aromatic N) is 2. The number of benzene rings is 1. The largest absolute Gasteiger partial charge is 0.439 e. The van der Waals surface area contributed by atoms with E-state index in [2.05, 4.69) is 5.22 Å². The van der Waals surface area contributed by atoms with E-state index in [1.807, 2.05) is 0 Å². The van der Waals surface area contributed by atoms with Crippen molar-refractivity contribution in [2.45, 2.75) is 6.10 Å². The molecule has 0 spiro atoms. The van der Waals surface area contributed by atoms with E-state index in [0.717, 1.165) is 5.12 Å². The summed E-state index contributed by atoms with van der Waals surface area (Å²) in [4.78, 5) is 10.8. The van der Waals surface area contributed by atoms with Gasteiger partial charge in [-0.2, -0.15) is 5.53 Å². The van der Waals surface area contributed by atoms with Crippen molar-refractivity contribution in [3.05, 3.63) is 34.9 Å². The zero-order chi connectivity index (χ0) is 12.8. The van der Waals surface area contributed by atoms with E-state index in [-0.39, 0.29) is 6.54 Å². The number of hydrogen-bond donors (Lipinski definition) is 3. The first-order valence-electron chi connectivity index (χ1n) is 4.64. The van der Waals surface area contributed by atoms with Gasteiger partial charge in [-0.1, -0.05) is 35.0 Å². The average molecular weight is 258 g/mol. The van der Waals surface area contributed by atoms with Crippen molar-refractivity contribution in [3.8, 4) is 0 Å². The molecule has 0 aliphatic rings. The second-order valence-electron chi connectivity index (χ2n) is 3.17. The van der Waals surface area contributed by atoms with E-state index in [1.165, 1.54) is 0 Å². The summed E-state index contributed by atoms with van der Waals surface area (Å²) in [7, 11) is 0. The van der Waals surface area contributed by atoms with Crippen molar-refractivity contribution >= 4 is 17.7 Å². The van der Waals surface area contributed by atoms with Crippen molar-refractivity contribution in [2.75, 3.05) is 6.54 Å². The lowest BCUT2D eigenvalue weighted by molar-refractivity contribution is 0.0732. The molecule has 0 aromatic heterocycles. The predicted molar refractivity (Wildman–Crippen MR) is 60.9 cm³/mol. The Labute approximate surface area is 103 Å². The second-order valence-corrected chi connectivity index (χ2v) is 3.58. The first-order chi connectivity index (χ1) is 8.04. The van der Waals surface area contributed by atoms with Crippen LogP contribution in [0.15, 0.2) is 29.5 Å². The zero-order valence-electron chi connectivity index (χ0n) is 8.84. The van der Waals surface area contributed by atoms with Crippen molar-refractivity contribution < 1.29 is 9.53 Å². The minimum absolute atomic E-state index is 0.0177. The highest BCUT2D eigenvalue weighted by molar-refractivity contribution is 6.31. The van der Waals surface area contributed by atoms with E-state index in [4.69, 9.17) is 33.4 Å². The van der Waals surface area contributed by atoms with Crippen LogP contribution >= 0.6 is 11.6 Å². The fourth-order valence-corrected chi connectivity index (χ4v) is 1.54. The topological polar surface area (TPSA) is 118 Å². The van der Waals surface area contributed by atoms with E-state index in [0.29, 0.717) is 10.6 Å². The number of nitrogens with one attached hydrogen (secondary N) is 1. The number of rotatable bonds is 5. The van der Waals surface area contributed by atoms with Gasteiger partial charge in [0.05, 0.1) is 6.54 Å². The number of amides is 1. The minimum Gasteiger partial charge on any atom is -0.439 e. The van der Waals surface area contributed by atoms with Crippen LogP contribution in [0.1, 0.15) is 11.7 Å². The van der Waals surface area contributed by atoms with Crippen LogP contribution in [0.3, 0.4) is 0 Å².